The molecule has 4 aliphatic heterocycles. The molecule has 4 heterocycles. The van der Waals surface area contributed by atoms with Gasteiger partial charge in [-0.25, -0.2) is 19.2 Å². The summed E-state index contributed by atoms with van der Waals surface area (Å²) < 4.78 is 40.5. The molecule has 6 rings (SSSR count). The summed E-state index contributed by atoms with van der Waals surface area (Å²) in [4.78, 5) is 149. The molecule has 514 valence electrons. The van der Waals surface area contributed by atoms with Gasteiger partial charge in [-0.1, -0.05) is 86.9 Å². The number of imide groups is 1. The Balaban J connectivity index is 1.03. The molecule has 2 fully saturated rings. The van der Waals surface area contributed by atoms with Gasteiger partial charge < -0.3 is 59.5 Å². The van der Waals surface area contributed by atoms with Gasteiger partial charge in [0.05, 0.1) is 37.8 Å². The van der Waals surface area contributed by atoms with Crippen molar-refractivity contribution in [2.45, 2.75) is 173 Å². The van der Waals surface area contributed by atoms with Crippen molar-refractivity contribution in [3.63, 3.8) is 0 Å². The molecule has 26 nitrogen and oxygen atoms in total. The van der Waals surface area contributed by atoms with Gasteiger partial charge in [0.25, 0.3) is 11.8 Å². The second-order valence-corrected chi connectivity index (χ2v) is 25.5. The van der Waals surface area contributed by atoms with Crippen LogP contribution in [0.4, 0.5) is 20.1 Å². The number of hydrogen-bond acceptors (Lipinski definition) is 19. The average molecular weight is 1330 g/mol. The largest absolute Gasteiger partial charge is 0.495 e. The Bertz CT molecular complexity index is 3210. The number of urea groups is 1. The summed E-state index contributed by atoms with van der Waals surface area (Å²) in [5.74, 6) is -5.10. The number of Topliss-reactive ketones (excluding diaryl/α,β-unsaturated/α-hetero) is 2. The van der Waals surface area contributed by atoms with Crippen LogP contribution in [0.15, 0.2) is 72.4 Å². The first kappa shape index (κ1) is 74.8. The van der Waals surface area contributed by atoms with E-state index in [4.69, 9.17) is 50.5 Å². The number of nitrogens with one attached hydrogen (secondary N) is 2. The average Bonchev–Trinajstić information content (AvgIpc) is 1.58. The number of esters is 2. The highest BCUT2D eigenvalue weighted by molar-refractivity contribution is 6.35. The van der Waals surface area contributed by atoms with E-state index < -0.39 is 115 Å². The molecule has 4 bridgehead atoms. The lowest BCUT2D eigenvalue weighted by Crippen LogP contribution is -2.53. The van der Waals surface area contributed by atoms with Gasteiger partial charge in [0.2, 0.25) is 11.8 Å². The second kappa shape index (κ2) is 33.8. The number of allylic oxidation sites excluding steroid dienone is 3. The van der Waals surface area contributed by atoms with Crippen LogP contribution in [0.1, 0.15) is 122 Å². The Labute approximate surface area is 553 Å². The van der Waals surface area contributed by atoms with Gasteiger partial charge in [-0.05, 0) is 87.6 Å². The first-order valence-electron chi connectivity index (χ1n) is 31.5. The molecule has 2 aromatic rings. The number of benzene rings is 2. The summed E-state index contributed by atoms with van der Waals surface area (Å²) in [6, 6.07) is 7.05. The molecule has 2 saturated heterocycles. The molecule has 5 N–H and O–H groups in total. The zero-order valence-corrected chi connectivity index (χ0v) is 56.2. The number of ether oxygens (including phenoxy) is 7. The highest BCUT2D eigenvalue weighted by Crippen LogP contribution is 2.50. The Morgan fingerprint density at radius 2 is 1.61 bits per heavy atom. The van der Waals surface area contributed by atoms with Crippen molar-refractivity contribution in [3.8, 4) is 5.75 Å². The van der Waals surface area contributed by atoms with E-state index in [1.807, 2.05) is 26.8 Å². The second-order valence-electron chi connectivity index (χ2n) is 25.1. The monoisotopic (exact) mass is 1330 g/mol. The van der Waals surface area contributed by atoms with Crippen molar-refractivity contribution in [3.05, 3.63) is 94.1 Å². The predicted octanol–water partition coefficient (Wildman–Crippen LogP) is 6.36. The van der Waals surface area contributed by atoms with Crippen LogP contribution in [0.5, 0.6) is 5.75 Å². The van der Waals surface area contributed by atoms with Crippen LogP contribution in [0, 0.1) is 17.8 Å². The van der Waals surface area contributed by atoms with E-state index in [9.17, 15) is 57.8 Å². The zero-order chi connectivity index (χ0) is 69.4. The van der Waals surface area contributed by atoms with Crippen molar-refractivity contribution >= 4 is 82.6 Å². The number of ketones is 2. The van der Waals surface area contributed by atoms with Gasteiger partial charge in [-0.2, -0.15) is 0 Å². The van der Waals surface area contributed by atoms with Crippen molar-refractivity contribution < 1.29 is 91.0 Å². The Kier molecular flexibility index (Phi) is 26.9. The maximum atomic E-state index is 14.4. The number of likely N-dealkylation sites (N-methyl/N-ethyl adjacent to an activating group) is 1. The fourth-order valence-corrected chi connectivity index (χ4v) is 11.9. The number of primary amides is 1. The van der Waals surface area contributed by atoms with E-state index in [-0.39, 0.29) is 92.5 Å². The summed E-state index contributed by atoms with van der Waals surface area (Å²) in [5.41, 5.74) is 5.26. The number of nitrogens with zero attached hydrogens (tertiary/aromatic N) is 4. The maximum absolute atomic E-state index is 14.4. The molecular weight excluding hydrogens is 1240 g/mol. The number of fused-ring (bicyclic) bond motifs is 5. The van der Waals surface area contributed by atoms with Crippen LogP contribution >= 0.6 is 11.6 Å². The van der Waals surface area contributed by atoms with E-state index in [0.717, 1.165) is 25.8 Å². The third kappa shape index (κ3) is 20.2. The number of rotatable bonds is 27. The molecule has 0 aromatic heterocycles. The number of amides is 8. The van der Waals surface area contributed by atoms with Gasteiger partial charge in [0.1, 0.15) is 58.7 Å². The molecule has 0 aliphatic carbocycles. The van der Waals surface area contributed by atoms with Crippen LogP contribution in [0.25, 0.3) is 0 Å². The lowest BCUT2D eigenvalue weighted by Gasteiger charge is -2.41. The molecule has 0 unspecified atom stereocenters. The highest BCUT2D eigenvalue weighted by Gasteiger charge is 2.64. The fraction of sp³-hybridized carbons (Fsp3) is 0.567. The molecule has 0 spiro atoms. The smallest absolute Gasteiger partial charge is 0.412 e. The fourth-order valence-electron chi connectivity index (χ4n) is 11.6. The Morgan fingerprint density at radius 1 is 0.926 bits per heavy atom. The topological polar surface area (TPSA) is 339 Å². The standard InChI is InChI=1S/C67H90ClN7O19/c1-39(2)47(33-46(76)18-13-12-14-28-75-55(78)25-26-56(75)79)61(82)71-48(19-16-27-70-63(69)84)50(77)31-43-21-23-44(24-22-43)37-90-64(85)72(7)38-91-65(86)73(8)42(5)62(83)93-54-34-57(80)74(9)49-30-45(32-51(88-10)59(49)68)29-40(3)17-15-20-53(89-11)67(87)35-52(92-58(81)36-67)41(4)60-66(54,6)94-60/h15,17,20-26,30,32,39,41-42,47-48,52-54,60,87H,12-14,16,18-19,27-29,31,33-38H2,1-11H3,(H,71,82)(H3,69,70,84)/b20-15+,40-17+/t41-,42+,47+,48+,52+,53-,54+,60+,66+,67-/m1/s1. The van der Waals surface area contributed by atoms with Gasteiger partial charge in [0.15, 0.2) is 12.5 Å². The number of hydrogen-bond donors (Lipinski definition) is 4. The minimum Gasteiger partial charge on any atom is -0.495 e. The van der Waals surface area contributed by atoms with Gasteiger partial charge in [-0.15, -0.1) is 0 Å². The maximum Gasteiger partial charge on any atom is 0.412 e. The number of halogens is 1. The number of methoxy groups -OCH3 is 2. The summed E-state index contributed by atoms with van der Waals surface area (Å²) in [6.45, 7) is 9.88. The number of carbonyl (C=O) groups excluding carboxylic acids is 11. The quantitative estimate of drug-likeness (QED) is 0.0189. The highest BCUT2D eigenvalue weighted by atomic mass is 35.5. The zero-order valence-electron chi connectivity index (χ0n) is 55.4. The van der Waals surface area contributed by atoms with E-state index in [2.05, 4.69) is 10.6 Å². The lowest BCUT2D eigenvalue weighted by atomic mass is 9.78. The van der Waals surface area contributed by atoms with Gasteiger partial charge in [-0.3, -0.25) is 48.3 Å². The molecule has 0 saturated carbocycles. The van der Waals surface area contributed by atoms with Crippen molar-refractivity contribution in [1.82, 2.24) is 25.3 Å². The number of unbranched alkanes of at least 4 members (excludes halogenated alkanes) is 2. The van der Waals surface area contributed by atoms with Gasteiger partial charge >= 0.3 is 30.2 Å². The molecule has 27 heteroatoms. The van der Waals surface area contributed by atoms with Crippen LogP contribution < -0.4 is 26.0 Å². The minimum atomic E-state index is -1.67. The molecule has 4 aliphatic rings. The van der Waals surface area contributed by atoms with Crippen molar-refractivity contribution in [2.75, 3.05) is 60.1 Å². The van der Waals surface area contributed by atoms with E-state index in [1.165, 1.54) is 59.3 Å². The minimum absolute atomic E-state index is 0.0297. The van der Waals surface area contributed by atoms with E-state index >= 15 is 0 Å². The van der Waals surface area contributed by atoms with Crippen LogP contribution in [0.2, 0.25) is 5.02 Å². The first-order valence-corrected chi connectivity index (χ1v) is 31.8. The van der Waals surface area contributed by atoms with Crippen molar-refractivity contribution in [2.24, 2.45) is 23.5 Å². The summed E-state index contributed by atoms with van der Waals surface area (Å²) >= 11 is 6.83. The van der Waals surface area contributed by atoms with E-state index in [0.29, 0.717) is 54.7 Å². The summed E-state index contributed by atoms with van der Waals surface area (Å²) in [5, 5.41) is 17.5. The Hall–Kier alpha value is -8.20. The first-order chi connectivity index (χ1) is 44.4. The number of aliphatic hydroxyl groups is 1. The third-order valence-electron chi connectivity index (χ3n) is 17.6. The summed E-state index contributed by atoms with van der Waals surface area (Å²) in [6.07, 6.45) is 3.63. The molecular formula is C67H90ClN7O19. The van der Waals surface area contributed by atoms with Crippen LogP contribution in [-0.2, 0) is 86.2 Å². The lowest BCUT2D eigenvalue weighted by molar-refractivity contribution is -0.187. The number of epoxide rings is 1. The predicted molar refractivity (Wildman–Crippen MR) is 343 cm³/mol. The molecule has 94 heavy (non-hydrogen) atoms. The number of carbonyl (C=O) groups is 11. The summed E-state index contributed by atoms with van der Waals surface area (Å²) in [7, 11) is 7.00. The van der Waals surface area contributed by atoms with Crippen LogP contribution in [0.3, 0.4) is 0 Å². The normalized spacial score (nSPS) is 23.9. The van der Waals surface area contributed by atoms with Gasteiger partial charge in [0, 0.05) is 91.0 Å². The number of nitrogens with two attached hydrogens (primary N) is 1. The molecule has 2 aromatic carbocycles. The molecule has 10 atom stereocenters. The van der Waals surface area contributed by atoms with Crippen molar-refractivity contribution in [1.29, 1.82) is 0 Å². The SMILES string of the molecule is COc1cc2cc(c1Cl)N(C)C(=O)C[C@H](OC(=O)[C@H](C)N(C)C(=O)OCN(C)C(=O)OCc1ccc(CC(=O)[C@H](CCCNC(N)=O)NC(=O)[C@@H](CC(=O)CCCCCN3C(=O)C=CC3=O)C(C)C)cc1)[C@]1(C)O[C@H]1[C@H](C)[C@@H]1C[C@@](O)(CC(=O)O1)[C@H](OC)/C=C/C=C(\C)C2. The molecule has 0 radical (unpaired) electrons. The number of anilines is 1. The Morgan fingerprint density at radius 3 is 2.26 bits per heavy atom. The molecule has 8 amide bonds. The van der Waals surface area contributed by atoms with Crippen LogP contribution in [-0.4, -0.2) is 188 Å². The van der Waals surface area contributed by atoms with E-state index in [1.54, 1.807) is 62.4 Å². The third-order valence-corrected chi connectivity index (χ3v) is 18.0.